The van der Waals surface area contributed by atoms with Gasteiger partial charge in [0.2, 0.25) is 12.7 Å². The van der Waals surface area contributed by atoms with E-state index in [2.05, 4.69) is 26.1 Å². The lowest BCUT2D eigenvalue weighted by atomic mass is 10.2. The summed E-state index contributed by atoms with van der Waals surface area (Å²) in [5.74, 6) is 1.86. The Balaban J connectivity index is 1.48. The van der Waals surface area contributed by atoms with E-state index < -0.39 is 0 Å². The van der Waals surface area contributed by atoms with Crippen LogP contribution in [-0.2, 0) is 5.75 Å². The second kappa shape index (κ2) is 6.45. The minimum absolute atomic E-state index is 0.211. The van der Waals surface area contributed by atoms with Crippen LogP contribution in [0.15, 0.2) is 50.5 Å². The van der Waals surface area contributed by atoms with E-state index in [9.17, 15) is 4.39 Å². The van der Waals surface area contributed by atoms with Gasteiger partial charge in [-0.25, -0.2) is 4.39 Å². The van der Waals surface area contributed by atoms with Gasteiger partial charge >= 0.3 is 0 Å². The highest BCUT2D eigenvalue weighted by atomic mass is 79.9. The molecular weight excluding hydrogens is 399 g/mol. The summed E-state index contributed by atoms with van der Waals surface area (Å²) in [5.41, 5.74) is 1.32. The molecule has 24 heavy (non-hydrogen) atoms. The highest BCUT2D eigenvalue weighted by Crippen LogP contribution is 2.36. The molecule has 2 aromatic carbocycles. The van der Waals surface area contributed by atoms with E-state index in [0.29, 0.717) is 38.4 Å². The van der Waals surface area contributed by atoms with Crippen LogP contribution in [0.1, 0.15) is 5.56 Å². The van der Waals surface area contributed by atoms with Crippen molar-refractivity contribution < 1.29 is 18.3 Å². The van der Waals surface area contributed by atoms with Crippen molar-refractivity contribution in [1.29, 1.82) is 0 Å². The van der Waals surface area contributed by atoms with E-state index in [-0.39, 0.29) is 12.6 Å². The summed E-state index contributed by atoms with van der Waals surface area (Å²) >= 11 is 4.52. The first kappa shape index (κ1) is 15.5. The lowest BCUT2D eigenvalue weighted by Crippen LogP contribution is -1.92. The van der Waals surface area contributed by atoms with E-state index in [1.54, 1.807) is 24.3 Å². The molecule has 1 aromatic heterocycles. The number of halogens is 2. The van der Waals surface area contributed by atoms with Crippen LogP contribution in [0, 0.1) is 5.82 Å². The summed E-state index contributed by atoms with van der Waals surface area (Å²) in [6, 6.07) is 10.4. The molecular formula is C16H10BrFN2O3S. The maximum atomic E-state index is 13.8. The first-order valence-electron chi connectivity index (χ1n) is 6.99. The monoisotopic (exact) mass is 408 g/mol. The van der Waals surface area contributed by atoms with Gasteiger partial charge in [0.05, 0.1) is 0 Å². The van der Waals surface area contributed by atoms with Crippen LogP contribution >= 0.6 is 27.7 Å². The SMILES string of the molecule is Fc1cc(Br)ccc1CSc1nnc(-c2ccc3c(c2)OCO3)o1. The smallest absolute Gasteiger partial charge is 0.277 e. The zero-order chi connectivity index (χ0) is 16.5. The summed E-state index contributed by atoms with van der Waals surface area (Å²) in [6.45, 7) is 0.211. The molecule has 1 aliphatic heterocycles. The van der Waals surface area contributed by atoms with Gasteiger partial charge in [0.25, 0.3) is 5.22 Å². The Labute approximate surface area is 149 Å². The fraction of sp³-hybridized carbons (Fsp3) is 0.125. The Morgan fingerprint density at radius 1 is 1.08 bits per heavy atom. The number of rotatable bonds is 4. The number of thioether (sulfide) groups is 1. The number of fused-ring (bicyclic) bond motifs is 1. The largest absolute Gasteiger partial charge is 0.454 e. The number of aromatic nitrogens is 2. The van der Waals surface area contributed by atoms with E-state index in [0.717, 1.165) is 5.56 Å². The average Bonchev–Trinajstić information content (AvgIpc) is 3.22. The lowest BCUT2D eigenvalue weighted by Gasteiger charge is -2.01. The van der Waals surface area contributed by atoms with Gasteiger partial charge in [0.1, 0.15) is 5.82 Å². The maximum Gasteiger partial charge on any atom is 0.277 e. The van der Waals surface area contributed by atoms with E-state index in [1.807, 2.05) is 6.07 Å². The third-order valence-corrected chi connectivity index (χ3v) is 4.75. The molecule has 3 aromatic rings. The van der Waals surface area contributed by atoms with Gasteiger partial charge < -0.3 is 13.9 Å². The first-order valence-corrected chi connectivity index (χ1v) is 8.77. The third kappa shape index (κ3) is 3.11. The Morgan fingerprint density at radius 2 is 1.96 bits per heavy atom. The molecule has 5 nitrogen and oxygen atoms in total. The van der Waals surface area contributed by atoms with E-state index in [1.165, 1.54) is 17.8 Å². The summed E-state index contributed by atoms with van der Waals surface area (Å²) < 4.78 is 30.8. The second-order valence-corrected chi connectivity index (χ2v) is 6.81. The van der Waals surface area contributed by atoms with Gasteiger partial charge in [-0.3, -0.25) is 0 Å². The predicted molar refractivity (Wildman–Crippen MR) is 89.5 cm³/mol. The Kier molecular flexibility index (Phi) is 4.15. The molecule has 2 heterocycles. The van der Waals surface area contributed by atoms with Crippen LogP contribution in [0.25, 0.3) is 11.5 Å². The van der Waals surface area contributed by atoms with Crippen molar-refractivity contribution in [3.8, 4) is 23.0 Å². The summed E-state index contributed by atoms with van der Waals surface area (Å²) in [5, 5.41) is 8.40. The van der Waals surface area contributed by atoms with Crippen molar-refractivity contribution in [3.05, 3.63) is 52.3 Å². The standard InChI is InChI=1S/C16H10BrFN2O3S/c17-11-3-1-10(12(18)6-11)7-24-16-20-19-15(23-16)9-2-4-13-14(5-9)22-8-21-13/h1-6H,7-8H2. The van der Waals surface area contributed by atoms with Crippen molar-refractivity contribution in [2.45, 2.75) is 11.0 Å². The Morgan fingerprint density at radius 3 is 2.83 bits per heavy atom. The molecule has 0 saturated carbocycles. The van der Waals surface area contributed by atoms with Gasteiger partial charge in [-0.1, -0.05) is 33.8 Å². The zero-order valence-electron chi connectivity index (χ0n) is 12.2. The molecule has 0 bridgehead atoms. The summed E-state index contributed by atoms with van der Waals surface area (Å²) in [4.78, 5) is 0. The van der Waals surface area contributed by atoms with Gasteiger partial charge in [0.15, 0.2) is 11.5 Å². The fourth-order valence-corrected chi connectivity index (χ4v) is 3.28. The minimum atomic E-state index is -0.271. The molecule has 0 spiro atoms. The molecule has 1 aliphatic rings. The van der Waals surface area contributed by atoms with Crippen LogP contribution in [-0.4, -0.2) is 17.0 Å². The molecule has 4 rings (SSSR count). The number of hydrogen-bond acceptors (Lipinski definition) is 6. The lowest BCUT2D eigenvalue weighted by molar-refractivity contribution is 0.174. The van der Waals surface area contributed by atoms with Gasteiger partial charge in [-0.2, -0.15) is 0 Å². The normalized spacial score (nSPS) is 12.6. The average molecular weight is 409 g/mol. The van der Waals surface area contributed by atoms with Crippen molar-refractivity contribution in [3.63, 3.8) is 0 Å². The molecule has 0 saturated heterocycles. The first-order chi connectivity index (χ1) is 11.7. The van der Waals surface area contributed by atoms with Crippen molar-refractivity contribution in [2.75, 3.05) is 6.79 Å². The van der Waals surface area contributed by atoms with Crippen LogP contribution in [0.2, 0.25) is 0 Å². The summed E-state index contributed by atoms with van der Waals surface area (Å²) in [6.07, 6.45) is 0. The molecule has 0 N–H and O–H groups in total. The quantitative estimate of drug-likeness (QED) is 0.585. The van der Waals surface area contributed by atoms with Crippen LogP contribution in [0.5, 0.6) is 11.5 Å². The highest BCUT2D eigenvalue weighted by Gasteiger charge is 2.17. The topological polar surface area (TPSA) is 57.4 Å². The van der Waals surface area contributed by atoms with Gasteiger partial charge in [0, 0.05) is 15.8 Å². The number of ether oxygens (including phenoxy) is 2. The molecule has 0 unspecified atom stereocenters. The third-order valence-electron chi connectivity index (χ3n) is 3.39. The molecule has 0 radical (unpaired) electrons. The number of benzene rings is 2. The maximum absolute atomic E-state index is 13.8. The molecule has 0 atom stereocenters. The number of hydrogen-bond donors (Lipinski definition) is 0. The van der Waals surface area contributed by atoms with Crippen molar-refractivity contribution in [2.24, 2.45) is 0 Å². The number of nitrogens with zero attached hydrogens (tertiary/aromatic N) is 2. The predicted octanol–water partition coefficient (Wildman–Crippen LogP) is 4.66. The minimum Gasteiger partial charge on any atom is -0.454 e. The highest BCUT2D eigenvalue weighted by molar-refractivity contribution is 9.10. The van der Waals surface area contributed by atoms with Crippen LogP contribution < -0.4 is 9.47 Å². The van der Waals surface area contributed by atoms with Crippen molar-refractivity contribution in [1.82, 2.24) is 10.2 Å². The van der Waals surface area contributed by atoms with Gasteiger partial charge in [-0.05, 0) is 35.9 Å². The summed E-state index contributed by atoms with van der Waals surface area (Å²) in [7, 11) is 0. The van der Waals surface area contributed by atoms with Gasteiger partial charge in [-0.15, -0.1) is 10.2 Å². The molecule has 122 valence electrons. The Bertz CT molecular complexity index is 903. The van der Waals surface area contributed by atoms with Crippen molar-refractivity contribution >= 4 is 27.7 Å². The molecule has 8 heteroatoms. The Hall–Kier alpha value is -2.06. The molecule has 0 fully saturated rings. The van der Waals surface area contributed by atoms with Crippen LogP contribution in [0.3, 0.4) is 0 Å². The van der Waals surface area contributed by atoms with E-state index >= 15 is 0 Å². The molecule has 0 amide bonds. The zero-order valence-corrected chi connectivity index (χ0v) is 14.6. The van der Waals surface area contributed by atoms with E-state index in [4.69, 9.17) is 13.9 Å². The fourth-order valence-electron chi connectivity index (χ4n) is 2.19. The molecule has 0 aliphatic carbocycles. The van der Waals surface area contributed by atoms with Crippen LogP contribution in [0.4, 0.5) is 4.39 Å². The second-order valence-electron chi connectivity index (χ2n) is 4.97.